The molecule has 0 saturated carbocycles. The first-order valence-corrected chi connectivity index (χ1v) is 7.72. The molecule has 1 amide bonds. The van der Waals surface area contributed by atoms with Crippen LogP contribution in [0, 0.1) is 0 Å². The fraction of sp³-hybridized carbons (Fsp3) is 0.588. The number of rotatable bonds is 4. The SMILES string of the molecule is CC(C)(C)OC(=O)N1CCC[C@H]1C(O)COc1ccccc1. The van der Waals surface area contributed by atoms with Gasteiger partial charge < -0.3 is 19.5 Å². The molecule has 1 aliphatic heterocycles. The van der Waals surface area contributed by atoms with Gasteiger partial charge in [-0.15, -0.1) is 0 Å². The van der Waals surface area contributed by atoms with Gasteiger partial charge in [-0.3, -0.25) is 0 Å². The van der Waals surface area contributed by atoms with Gasteiger partial charge in [0, 0.05) is 6.54 Å². The Morgan fingerprint density at radius 2 is 2.05 bits per heavy atom. The van der Waals surface area contributed by atoms with E-state index in [4.69, 9.17) is 9.47 Å². The number of amides is 1. The number of para-hydroxylation sites is 1. The van der Waals surface area contributed by atoms with Crippen LogP contribution in [0.2, 0.25) is 0 Å². The molecule has 1 aromatic rings. The molecule has 0 spiro atoms. The Morgan fingerprint density at radius 1 is 1.36 bits per heavy atom. The summed E-state index contributed by atoms with van der Waals surface area (Å²) in [6.45, 7) is 6.29. The van der Waals surface area contributed by atoms with Gasteiger partial charge >= 0.3 is 6.09 Å². The highest BCUT2D eigenvalue weighted by Gasteiger charge is 2.36. The van der Waals surface area contributed by atoms with E-state index in [-0.39, 0.29) is 18.7 Å². The van der Waals surface area contributed by atoms with Gasteiger partial charge in [0.1, 0.15) is 24.1 Å². The van der Waals surface area contributed by atoms with Crippen LogP contribution in [0.15, 0.2) is 30.3 Å². The number of aliphatic hydroxyl groups excluding tert-OH is 1. The molecule has 1 aliphatic rings. The number of aliphatic hydroxyl groups is 1. The molecule has 1 saturated heterocycles. The van der Waals surface area contributed by atoms with Gasteiger partial charge in [0.05, 0.1) is 6.04 Å². The Labute approximate surface area is 131 Å². The third kappa shape index (κ3) is 4.63. The van der Waals surface area contributed by atoms with E-state index < -0.39 is 11.7 Å². The van der Waals surface area contributed by atoms with Crippen molar-refractivity contribution in [1.82, 2.24) is 4.90 Å². The monoisotopic (exact) mass is 307 g/mol. The molecule has 2 atom stereocenters. The molecule has 1 unspecified atom stereocenters. The van der Waals surface area contributed by atoms with Crippen molar-refractivity contribution >= 4 is 6.09 Å². The van der Waals surface area contributed by atoms with Gasteiger partial charge in [-0.1, -0.05) is 18.2 Å². The van der Waals surface area contributed by atoms with E-state index >= 15 is 0 Å². The van der Waals surface area contributed by atoms with E-state index in [1.54, 1.807) is 4.90 Å². The highest BCUT2D eigenvalue weighted by atomic mass is 16.6. The molecule has 0 bridgehead atoms. The van der Waals surface area contributed by atoms with Crippen molar-refractivity contribution in [3.63, 3.8) is 0 Å². The summed E-state index contributed by atoms with van der Waals surface area (Å²) in [6, 6.07) is 9.09. The second kappa shape index (κ2) is 7.01. The second-order valence-corrected chi connectivity index (χ2v) is 6.57. The lowest BCUT2D eigenvalue weighted by atomic mass is 10.1. The lowest BCUT2D eigenvalue weighted by molar-refractivity contribution is -0.00353. The van der Waals surface area contributed by atoms with Crippen LogP contribution < -0.4 is 4.74 Å². The Hall–Kier alpha value is -1.75. The Bertz CT molecular complexity index is 483. The van der Waals surface area contributed by atoms with Crippen molar-refractivity contribution in [2.24, 2.45) is 0 Å². The van der Waals surface area contributed by atoms with E-state index in [2.05, 4.69) is 0 Å². The number of hydrogen-bond acceptors (Lipinski definition) is 4. The number of carbonyl (C=O) groups excluding carboxylic acids is 1. The lowest BCUT2D eigenvalue weighted by Gasteiger charge is -2.31. The molecular weight excluding hydrogens is 282 g/mol. The van der Waals surface area contributed by atoms with Gasteiger partial charge in [-0.2, -0.15) is 0 Å². The minimum atomic E-state index is -0.727. The third-order valence-electron chi connectivity index (χ3n) is 3.54. The largest absolute Gasteiger partial charge is 0.491 e. The lowest BCUT2D eigenvalue weighted by Crippen LogP contribution is -2.46. The molecule has 5 heteroatoms. The summed E-state index contributed by atoms with van der Waals surface area (Å²) in [5.41, 5.74) is -0.532. The number of ether oxygens (including phenoxy) is 2. The minimum Gasteiger partial charge on any atom is -0.491 e. The molecule has 1 fully saturated rings. The summed E-state index contributed by atoms with van der Waals surface area (Å²) in [5.74, 6) is 0.711. The number of hydrogen-bond donors (Lipinski definition) is 1. The summed E-state index contributed by atoms with van der Waals surface area (Å²) >= 11 is 0. The Balaban J connectivity index is 1.90. The van der Waals surface area contributed by atoms with Crippen LogP contribution >= 0.6 is 0 Å². The number of likely N-dealkylation sites (tertiary alicyclic amines) is 1. The van der Waals surface area contributed by atoms with E-state index in [0.29, 0.717) is 12.3 Å². The van der Waals surface area contributed by atoms with E-state index in [1.807, 2.05) is 51.1 Å². The highest BCUT2D eigenvalue weighted by molar-refractivity contribution is 5.69. The van der Waals surface area contributed by atoms with Crippen LogP contribution in [0.1, 0.15) is 33.6 Å². The van der Waals surface area contributed by atoms with Gasteiger partial charge in [-0.05, 0) is 45.7 Å². The van der Waals surface area contributed by atoms with Crippen molar-refractivity contribution in [1.29, 1.82) is 0 Å². The van der Waals surface area contributed by atoms with Crippen LogP contribution in [-0.4, -0.2) is 47.0 Å². The molecule has 1 N–H and O–H groups in total. The maximum absolute atomic E-state index is 12.2. The maximum Gasteiger partial charge on any atom is 0.410 e. The van der Waals surface area contributed by atoms with Crippen molar-refractivity contribution < 1.29 is 19.4 Å². The quantitative estimate of drug-likeness (QED) is 0.929. The van der Waals surface area contributed by atoms with Crippen molar-refractivity contribution in [3.05, 3.63) is 30.3 Å². The first-order chi connectivity index (χ1) is 10.4. The first-order valence-electron chi connectivity index (χ1n) is 7.72. The van der Waals surface area contributed by atoms with Gasteiger partial charge in [0.15, 0.2) is 0 Å². The van der Waals surface area contributed by atoms with Crippen molar-refractivity contribution in [3.8, 4) is 5.75 Å². The van der Waals surface area contributed by atoms with Crippen LogP contribution in [0.3, 0.4) is 0 Å². The predicted octanol–water partition coefficient (Wildman–Crippen LogP) is 2.83. The first kappa shape index (κ1) is 16.6. The third-order valence-corrected chi connectivity index (χ3v) is 3.54. The summed E-state index contributed by atoms with van der Waals surface area (Å²) < 4.78 is 11.0. The number of nitrogens with zero attached hydrogens (tertiary/aromatic N) is 1. The Kier molecular flexibility index (Phi) is 5.29. The standard InChI is InChI=1S/C17H25NO4/c1-17(2,3)22-16(20)18-11-7-10-14(18)15(19)12-21-13-8-5-4-6-9-13/h4-6,8-9,14-15,19H,7,10-12H2,1-3H3/t14-,15?/m0/s1. The molecule has 0 radical (unpaired) electrons. The van der Waals surface area contributed by atoms with E-state index in [9.17, 15) is 9.90 Å². The summed E-state index contributed by atoms with van der Waals surface area (Å²) in [6.07, 6.45) is 0.536. The summed E-state index contributed by atoms with van der Waals surface area (Å²) in [5, 5.41) is 10.4. The maximum atomic E-state index is 12.2. The zero-order valence-electron chi connectivity index (χ0n) is 13.5. The van der Waals surface area contributed by atoms with Gasteiger partial charge in [0.25, 0.3) is 0 Å². The van der Waals surface area contributed by atoms with E-state index in [0.717, 1.165) is 12.8 Å². The molecule has 1 aromatic carbocycles. The van der Waals surface area contributed by atoms with Crippen molar-refractivity contribution in [2.75, 3.05) is 13.2 Å². The molecule has 2 rings (SSSR count). The minimum absolute atomic E-state index is 0.161. The number of benzene rings is 1. The van der Waals surface area contributed by atoms with E-state index in [1.165, 1.54) is 0 Å². The van der Waals surface area contributed by atoms with Crippen LogP contribution in [0.25, 0.3) is 0 Å². The average Bonchev–Trinajstić information content (AvgIpc) is 2.93. The summed E-state index contributed by atoms with van der Waals surface area (Å²) in [7, 11) is 0. The van der Waals surface area contributed by atoms with Crippen molar-refractivity contribution in [2.45, 2.75) is 51.4 Å². The molecule has 0 aliphatic carbocycles. The normalized spacial score (nSPS) is 19.8. The second-order valence-electron chi connectivity index (χ2n) is 6.57. The predicted molar refractivity (Wildman–Crippen MR) is 83.9 cm³/mol. The Morgan fingerprint density at radius 3 is 2.68 bits per heavy atom. The smallest absolute Gasteiger partial charge is 0.410 e. The summed E-state index contributed by atoms with van der Waals surface area (Å²) in [4.78, 5) is 13.8. The molecule has 5 nitrogen and oxygen atoms in total. The van der Waals surface area contributed by atoms with Gasteiger partial charge in [-0.25, -0.2) is 4.79 Å². The van der Waals surface area contributed by atoms with Crippen LogP contribution in [0.5, 0.6) is 5.75 Å². The molecule has 122 valence electrons. The zero-order valence-corrected chi connectivity index (χ0v) is 13.5. The van der Waals surface area contributed by atoms with Crippen LogP contribution in [0.4, 0.5) is 4.79 Å². The molecule has 0 aromatic heterocycles. The number of carbonyl (C=O) groups is 1. The zero-order chi connectivity index (χ0) is 16.2. The highest BCUT2D eigenvalue weighted by Crippen LogP contribution is 2.23. The topological polar surface area (TPSA) is 59.0 Å². The molecular formula is C17H25NO4. The van der Waals surface area contributed by atoms with Crippen LogP contribution in [-0.2, 0) is 4.74 Å². The fourth-order valence-corrected chi connectivity index (χ4v) is 2.55. The van der Waals surface area contributed by atoms with Gasteiger partial charge in [0.2, 0.25) is 0 Å². The molecule has 1 heterocycles. The fourth-order valence-electron chi connectivity index (χ4n) is 2.55. The average molecular weight is 307 g/mol. The molecule has 22 heavy (non-hydrogen) atoms.